The van der Waals surface area contributed by atoms with Crippen molar-refractivity contribution in [3.05, 3.63) is 29.3 Å². The first-order valence-corrected chi connectivity index (χ1v) is 6.92. The molecular weight excluding hydrogens is 222 g/mol. The van der Waals surface area contributed by atoms with E-state index in [9.17, 15) is 0 Å². The quantitative estimate of drug-likeness (QED) is 0.880. The van der Waals surface area contributed by atoms with Gasteiger partial charge in [-0.15, -0.1) is 0 Å². The monoisotopic (exact) mass is 247 g/mol. The van der Waals surface area contributed by atoms with Crippen LogP contribution in [0.25, 0.3) is 0 Å². The van der Waals surface area contributed by atoms with Crippen LogP contribution in [-0.4, -0.2) is 38.6 Å². The molecule has 1 heterocycles. The summed E-state index contributed by atoms with van der Waals surface area (Å²) in [4.78, 5) is 4.70. The highest BCUT2D eigenvalue weighted by atomic mass is 15.1. The van der Waals surface area contributed by atoms with Gasteiger partial charge in [-0.05, 0) is 51.2 Å². The van der Waals surface area contributed by atoms with Gasteiger partial charge in [0.05, 0.1) is 0 Å². The lowest BCUT2D eigenvalue weighted by atomic mass is 9.95. The smallest absolute Gasteiger partial charge is 0.0470 e. The largest absolute Gasteiger partial charge is 0.372 e. The van der Waals surface area contributed by atoms with Crippen LogP contribution in [0.3, 0.4) is 0 Å². The number of hydrogen-bond acceptors (Lipinski definition) is 3. The highest BCUT2D eigenvalue weighted by Gasteiger charge is 2.21. The zero-order valence-corrected chi connectivity index (χ0v) is 12.0. The zero-order chi connectivity index (χ0) is 13.1. The molecule has 0 saturated carbocycles. The van der Waals surface area contributed by atoms with Crippen molar-refractivity contribution in [3.63, 3.8) is 0 Å². The van der Waals surface area contributed by atoms with E-state index >= 15 is 0 Å². The first-order valence-electron chi connectivity index (χ1n) is 6.92. The second-order valence-electron chi connectivity index (χ2n) is 5.17. The van der Waals surface area contributed by atoms with E-state index in [1.54, 1.807) is 0 Å². The molecule has 1 N–H and O–H groups in total. The molecule has 1 atom stereocenters. The van der Waals surface area contributed by atoms with Crippen LogP contribution in [0.15, 0.2) is 18.2 Å². The minimum atomic E-state index is 0.500. The van der Waals surface area contributed by atoms with Crippen LogP contribution in [0.5, 0.6) is 0 Å². The van der Waals surface area contributed by atoms with Crippen molar-refractivity contribution in [3.8, 4) is 0 Å². The number of nitrogens with zero attached hydrogens (tertiary/aromatic N) is 2. The summed E-state index contributed by atoms with van der Waals surface area (Å²) < 4.78 is 0. The van der Waals surface area contributed by atoms with E-state index in [2.05, 4.69) is 61.3 Å². The number of nitrogens with one attached hydrogen (secondary N) is 1. The van der Waals surface area contributed by atoms with Crippen molar-refractivity contribution >= 4 is 5.69 Å². The summed E-state index contributed by atoms with van der Waals surface area (Å²) in [7, 11) is 4.31. The van der Waals surface area contributed by atoms with E-state index in [4.69, 9.17) is 0 Å². The first-order chi connectivity index (χ1) is 8.67. The standard InChI is InChI=1S/C15H25N3/c1-5-18(6-2)13-7-8-14-12(9-13)10-16-11-15(14)17(3)4/h7-9,15-16H,5-6,10-11H2,1-4H3/t15-/m1/s1. The fourth-order valence-electron chi connectivity index (χ4n) is 2.77. The average Bonchev–Trinajstić information content (AvgIpc) is 2.39. The normalized spacial score (nSPS) is 18.8. The molecule has 2 rings (SSSR count). The molecule has 0 radical (unpaired) electrons. The molecule has 3 heteroatoms. The van der Waals surface area contributed by atoms with Gasteiger partial charge < -0.3 is 15.1 Å². The van der Waals surface area contributed by atoms with Gasteiger partial charge in [0.25, 0.3) is 0 Å². The Labute approximate surface area is 111 Å². The molecule has 0 aliphatic carbocycles. The number of fused-ring (bicyclic) bond motifs is 1. The van der Waals surface area contributed by atoms with E-state index in [0.717, 1.165) is 26.2 Å². The van der Waals surface area contributed by atoms with Crippen LogP contribution in [0.1, 0.15) is 31.0 Å². The van der Waals surface area contributed by atoms with Crippen molar-refractivity contribution < 1.29 is 0 Å². The van der Waals surface area contributed by atoms with E-state index < -0.39 is 0 Å². The Morgan fingerprint density at radius 1 is 1.22 bits per heavy atom. The van der Waals surface area contributed by atoms with E-state index in [0.29, 0.717) is 6.04 Å². The number of likely N-dealkylation sites (N-methyl/N-ethyl adjacent to an activating group) is 1. The first kappa shape index (κ1) is 13.4. The third-order valence-electron chi connectivity index (χ3n) is 3.89. The summed E-state index contributed by atoms with van der Waals surface area (Å²) >= 11 is 0. The van der Waals surface area contributed by atoms with Gasteiger partial charge in [0, 0.05) is 37.9 Å². The lowest BCUT2D eigenvalue weighted by Crippen LogP contribution is -2.36. The van der Waals surface area contributed by atoms with Gasteiger partial charge in [-0.2, -0.15) is 0 Å². The predicted octanol–water partition coefficient (Wildman–Crippen LogP) is 2.24. The maximum atomic E-state index is 3.51. The number of hydrogen-bond donors (Lipinski definition) is 1. The Morgan fingerprint density at radius 2 is 1.94 bits per heavy atom. The van der Waals surface area contributed by atoms with Gasteiger partial charge >= 0.3 is 0 Å². The van der Waals surface area contributed by atoms with Crippen LogP contribution >= 0.6 is 0 Å². The molecule has 0 amide bonds. The van der Waals surface area contributed by atoms with Gasteiger partial charge in [0.2, 0.25) is 0 Å². The summed E-state index contributed by atoms with van der Waals surface area (Å²) in [5.74, 6) is 0. The molecule has 18 heavy (non-hydrogen) atoms. The Kier molecular flexibility index (Phi) is 4.25. The minimum Gasteiger partial charge on any atom is -0.372 e. The van der Waals surface area contributed by atoms with Crippen molar-refractivity contribution in [1.82, 2.24) is 10.2 Å². The van der Waals surface area contributed by atoms with Crippen LogP contribution in [0.4, 0.5) is 5.69 Å². The van der Waals surface area contributed by atoms with E-state index in [-0.39, 0.29) is 0 Å². The zero-order valence-electron chi connectivity index (χ0n) is 12.0. The Morgan fingerprint density at radius 3 is 2.56 bits per heavy atom. The molecule has 1 aromatic carbocycles. The van der Waals surface area contributed by atoms with Crippen LogP contribution in [0.2, 0.25) is 0 Å². The highest BCUT2D eigenvalue weighted by molar-refractivity contribution is 5.52. The van der Waals surface area contributed by atoms with Gasteiger partial charge in [-0.25, -0.2) is 0 Å². The fraction of sp³-hybridized carbons (Fsp3) is 0.600. The molecule has 0 fully saturated rings. The Hall–Kier alpha value is -1.06. The van der Waals surface area contributed by atoms with Gasteiger partial charge in [0.1, 0.15) is 0 Å². The third kappa shape index (κ3) is 2.52. The number of anilines is 1. The second kappa shape index (κ2) is 5.72. The molecule has 0 bridgehead atoms. The summed E-state index contributed by atoms with van der Waals surface area (Å²) in [6, 6.07) is 7.44. The Balaban J connectivity index is 2.32. The van der Waals surface area contributed by atoms with Crippen molar-refractivity contribution in [2.24, 2.45) is 0 Å². The molecule has 0 unspecified atom stereocenters. The summed E-state index contributed by atoms with van der Waals surface area (Å²) in [6.45, 7) is 8.60. The maximum Gasteiger partial charge on any atom is 0.0470 e. The average molecular weight is 247 g/mol. The minimum absolute atomic E-state index is 0.500. The number of benzene rings is 1. The molecule has 3 nitrogen and oxygen atoms in total. The maximum absolute atomic E-state index is 3.51. The van der Waals surface area contributed by atoms with Crippen molar-refractivity contribution in [2.45, 2.75) is 26.4 Å². The molecule has 1 aromatic rings. The number of rotatable bonds is 4. The Bertz CT molecular complexity index is 397. The highest BCUT2D eigenvalue weighted by Crippen LogP contribution is 2.29. The second-order valence-corrected chi connectivity index (χ2v) is 5.17. The van der Waals surface area contributed by atoms with E-state index in [1.165, 1.54) is 16.8 Å². The summed E-state index contributed by atoms with van der Waals surface area (Å²) in [5.41, 5.74) is 4.28. The van der Waals surface area contributed by atoms with Gasteiger partial charge in [-0.3, -0.25) is 0 Å². The lowest BCUT2D eigenvalue weighted by molar-refractivity contribution is 0.276. The van der Waals surface area contributed by atoms with Crippen LogP contribution < -0.4 is 10.2 Å². The molecule has 0 spiro atoms. The molecule has 1 aliphatic rings. The SMILES string of the molecule is CCN(CC)c1ccc2c(c1)CNC[C@H]2N(C)C. The molecule has 100 valence electrons. The van der Waals surface area contributed by atoms with Gasteiger partial charge in [0.15, 0.2) is 0 Å². The van der Waals surface area contributed by atoms with Crippen molar-refractivity contribution in [1.29, 1.82) is 0 Å². The lowest BCUT2D eigenvalue weighted by Gasteiger charge is -2.32. The molecule has 1 aliphatic heterocycles. The predicted molar refractivity (Wildman–Crippen MR) is 78.1 cm³/mol. The topological polar surface area (TPSA) is 18.5 Å². The van der Waals surface area contributed by atoms with Crippen LogP contribution in [-0.2, 0) is 6.54 Å². The molecule has 0 saturated heterocycles. The summed E-state index contributed by atoms with van der Waals surface area (Å²) in [5, 5.41) is 3.51. The fourth-order valence-corrected chi connectivity index (χ4v) is 2.77. The van der Waals surface area contributed by atoms with E-state index in [1.807, 2.05) is 0 Å². The molecule has 0 aromatic heterocycles. The molecular formula is C15H25N3. The third-order valence-corrected chi connectivity index (χ3v) is 3.89. The van der Waals surface area contributed by atoms with Crippen molar-refractivity contribution in [2.75, 3.05) is 38.6 Å². The summed E-state index contributed by atoms with van der Waals surface area (Å²) in [6.07, 6.45) is 0. The van der Waals surface area contributed by atoms with Gasteiger partial charge in [-0.1, -0.05) is 6.07 Å². The van der Waals surface area contributed by atoms with Crippen LogP contribution in [0, 0.1) is 0 Å².